The van der Waals surface area contributed by atoms with E-state index < -0.39 is 0 Å². The number of furan rings is 1. The van der Waals surface area contributed by atoms with Crippen LogP contribution in [0, 0.1) is 6.92 Å². The number of aromatic nitrogens is 3. The van der Waals surface area contributed by atoms with Crippen LogP contribution in [0.2, 0.25) is 0 Å². The van der Waals surface area contributed by atoms with Gasteiger partial charge in [-0.1, -0.05) is 6.07 Å². The molecule has 0 radical (unpaired) electrons. The third-order valence-electron chi connectivity index (χ3n) is 4.22. The molecule has 0 spiro atoms. The topological polar surface area (TPSA) is 59.1 Å². The highest BCUT2D eigenvalue weighted by Crippen LogP contribution is 2.17. The van der Waals surface area contributed by atoms with E-state index in [1.165, 1.54) is 0 Å². The molecular weight excluding hydrogens is 302 g/mol. The summed E-state index contributed by atoms with van der Waals surface area (Å²) in [6.07, 6.45) is 3.93. The predicted octanol–water partition coefficient (Wildman–Crippen LogP) is 2.81. The van der Waals surface area contributed by atoms with Crippen LogP contribution in [0.3, 0.4) is 0 Å². The fraction of sp³-hybridized carbons (Fsp3) is 0.333. The highest BCUT2D eigenvalue weighted by molar-refractivity contribution is 5.33. The van der Waals surface area contributed by atoms with Crippen LogP contribution in [0.1, 0.15) is 23.0 Å². The number of pyridine rings is 1. The molecule has 4 rings (SSSR count). The minimum Gasteiger partial charge on any atom is -0.465 e. The summed E-state index contributed by atoms with van der Waals surface area (Å²) < 4.78 is 7.93. The molecule has 1 N–H and O–H groups in total. The van der Waals surface area contributed by atoms with Gasteiger partial charge in [0.2, 0.25) is 0 Å². The van der Waals surface area contributed by atoms with E-state index in [0.29, 0.717) is 6.54 Å². The van der Waals surface area contributed by atoms with Gasteiger partial charge in [-0.2, -0.15) is 0 Å². The molecule has 0 fully saturated rings. The van der Waals surface area contributed by atoms with E-state index >= 15 is 0 Å². The standard InChI is InChI=1S/C18H21N5O/c1-14-5-6-16(24-14)12-22-8-9-23-11-15(21-18(23)13-22)10-20-17-4-2-3-7-19-17/h2-7,11H,8-10,12-13H2,1H3,(H,19,20). The Morgan fingerprint density at radius 2 is 2.17 bits per heavy atom. The molecule has 1 aliphatic heterocycles. The number of rotatable bonds is 5. The molecule has 0 aliphatic carbocycles. The van der Waals surface area contributed by atoms with Crippen LogP contribution >= 0.6 is 0 Å². The van der Waals surface area contributed by atoms with Crippen LogP contribution in [0.25, 0.3) is 0 Å². The lowest BCUT2D eigenvalue weighted by Gasteiger charge is -2.26. The van der Waals surface area contributed by atoms with Gasteiger partial charge in [0.15, 0.2) is 0 Å². The first-order valence-electron chi connectivity index (χ1n) is 8.24. The number of anilines is 1. The lowest BCUT2D eigenvalue weighted by atomic mass is 10.3. The van der Waals surface area contributed by atoms with E-state index in [1.807, 2.05) is 31.2 Å². The minimum absolute atomic E-state index is 0.689. The monoisotopic (exact) mass is 323 g/mol. The van der Waals surface area contributed by atoms with Crippen LogP contribution in [0.4, 0.5) is 5.82 Å². The van der Waals surface area contributed by atoms with Crippen molar-refractivity contribution in [2.75, 3.05) is 11.9 Å². The highest BCUT2D eigenvalue weighted by atomic mass is 16.3. The number of hydrogen-bond donors (Lipinski definition) is 1. The largest absolute Gasteiger partial charge is 0.465 e. The second-order valence-electron chi connectivity index (χ2n) is 6.13. The summed E-state index contributed by atoms with van der Waals surface area (Å²) in [6.45, 7) is 6.33. The first-order chi connectivity index (χ1) is 11.8. The van der Waals surface area contributed by atoms with Gasteiger partial charge in [-0.15, -0.1) is 0 Å². The number of aryl methyl sites for hydroxylation is 1. The van der Waals surface area contributed by atoms with Gasteiger partial charge < -0.3 is 14.3 Å². The van der Waals surface area contributed by atoms with Crippen molar-refractivity contribution in [3.63, 3.8) is 0 Å². The van der Waals surface area contributed by atoms with Crippen LogP contribution < -0.4 is 5.32 Å². The maximum absolute atomic E-state index is 5.68. The molecule has 4 heterocycles. The molecule has 0 unspecified atom stereocenters. The first-order valence-corrected chi connectivity index (χ1v) is 8.24. The molecule has 0 atom stereocenters. The van der Waals surface area contributed by atoms with Crippen molar-refractivity contribution in [2.45, 2.75) is 33.1 Å². The van der Waals surface area contributed by atoms with E-state index in [4.69, 9.17) is 9.40 Å². The number of nitrogens with zero attached hydrogens (tertiary/aromatic N) is 4. The molecule has 6 nitrogen and oxygen atoms in total. The van der Waals surface area contributed by atoms with Gasteiger partial charge in [0.05, 0.1) is 25.3 Å². The van der Waals surface area contributed by atoms with Crippen molar-refractivity contribution in [1.82, 2.24) is 19.4 Å². The molecule has 0 saturated carbocycles. The Morgan fingerprint density at radius 3 is 2.96 bits per heavy atom. The summed E-state index contributed by atoms with van der Waals surface area (Å²) >= 11 is 0. The molecule has 6 heteroatoms. The second kappa shape index (κ2) is 6.49. The lowest BCUT2D eigenvalue weighted by molar-refractivity contribution is 0.193. The average molecular weight is 323 g/mol. The normalized spacial score (nSPS) is 14.5. The predicted molar refractivity (Wildman–Crippen MR) is 91.3 cm³/mol. The summed E-state index contributed by atoms with van der Waals surface area (Å²) in [5.41, 5.74) is 1.05. The molecule has 124 valence electrons. The summed E-state index contributed by atoms with van der Waals surface area (Å²) in [6, 6.07) is 9.92. The van der Waals surface area contributed by atoms with Crippen molar-refractivity contribution in [1.29, 1.82) is 0 Å². The Bertz CT molecular complexity index is 808. The third-order valence-corrected chi connectivity index (χ3v) is 4.22. The molecule has 0 amide bonds. The zero-order chi connectivity index (χ0) is 16.4. The molecule has 3 aromatic rings. The maximum Gasteiger partial charge on any atom is 0.126 e. The van der Waals surface area contributed by atoms with Gasteiger partial charge >= 0.3 is 0 Å². The molecule has 24 heavy (non-hydrogen) atoms. The number of hydrogen-bond acceptors (Lipinski definition) is 5. The smallest absolute Gasteiger partial charge is 0.126 e. The fourth-order valence-corrected chi connectivity index (χ4v) is 3.02. The highest BCUT2D eigenvalue weighted by Gasteiger charge is 2.19. The summed E-state index contributed by atoms with van der Waals surface area (Å²) in [4.78, 5) is 11.4. The van der Waals surface area contributed by atoms with Crippen LogP contribution in [0.5, 0.6) is 0 Å². The van der Waals surface area contributed by atoms with Crippen molar-refractivity contribution in [2.24, 2.45) is 0 Å². The zero-order valence-electron chi connectivity index (χ0n) is 13.8. The lowest BCUT2D eigenvalue weighted by Crippen LogP contribution is -2.33. The Morgan fingerprint density at radius 1 is 1.21 bits per heavy atom. The van der Waals surface area contributed by atoms with E-state index in [2.05, 4.69) is 32.0 Å². The van der Waals surface area contributed by atoms with E-state index in [-0.39, 0.29) is 0 Å². The second-order valence-corrected chi connectivity index (χ2v) is 6.13. The first kappa shape index (κ1) is 15.0. The summed E-state index contributed by atoms with van der Waals surface area (Å²) in [5.74, 6) is 3.97. The molecular formula is C18H21N5O. The quantitative estimate of drug-likeness (QED) is 0.782. The van der Waals surface area contributed by atoms with Gasteiger partial charge in [-0.3, -0.25) is 4.90 Å². The Labute approximate surface area is 141 Å². The molecule has 1 aliphatic rings. The number of imidazole rings is 1. The van der Waals surface area contributed by atoms with Gasteiger partial charge in [0.1, 0.15) is 23.2 Å². The third kappa shape index (κ3) is 3.33. The van der Waals surface area contributed by atoms with Crippen molar-refractivity contribution in [3.8, 4) is 0 Å². The molecule has 3 aromatic heterocycles. The summed E-state index contributed by atoms with van der Waals surface area (Å²) in [7, 11) is 0. The minimum atomic E-state index is 0.689. The van der Waals surface area contributed by atoms with Crippen LogP contribution in [-0.2, 0) is 26.2 Å². The average Bonchev–Trinajstić information content (AvgIpc) is 3.19. The Balaban J connectivity index is 1.38. The van der Waals surface area contributed by atoms with Gasteiger partial charge in [-0.25, -0.2) is 9.97 Å². The zero-order valence-corrected chi connectivity index (χ0v) is 13.8. The van der Waals surface area contributed by atoms with Crippen LogP contribution in [0.15, 0.2) is 47.1 Å². The summed E-state index contributed by atoms with van der Waals surface area (Å²) in [5, 5.41) is 3.31. The van der Waals surface area contributed by atoms with E-state index in [0.717, 1.165) is 55.0 Å². The van der Waals surface area contributed by atoms with Crippen molar-refractivity contribution >= 4 is 5.82 Å². The Hall–Kier alpha value is -2.60. The van der Waals surface area contributed by atoms with Gasteiger partial charge in [-0.05, 0) is 31.2 Å². The van der Waals surface area contributed by atoms with Gasteiger partial charge in [0, 0.05) is 25.5 Å². The van der Waals surface area contributed by atoms with Crippen molar-refractivity contribution < 1.29 is 4.42 Å². The SMILES string of the molecule is Cc1ccc(CN2CCn3cc(CNc4ccccn4)nc3C2)o1. The Kier molecular flexibility index (Phi) is 4.04. The van der Waals surface area contributed by atoms with E-state index in [1.54, 1.807) is 6.20 Å². The number of fused-ring (bicyclic) bond motifs is 1. The van der Waals surface area contributed by atoms with Crippen molar-refractivity contribution in [3.05, 3.63) is 65.8 Å². The molecule has 0 saturated heterocycles. The van der Waals surface area contributed by atoms with Gasteiger partial charge in [0.25, 0.3) is 0 Å². The maximum atomic E-state index is 5.68. The molecule has 0 aromatic carbocycles. The number of nitrogens with one attached hydrogen (secondary N) is 1. The fourth-order valence-electron chi connectivity index (χ4n) is 3.02. The molecule has 0 bridgehead atoms. The van der Waals surface area contributed by atoms with E-state index in [9.17, 15) is 0 Å². The van der Waals surface area contributed by atoms with Crippen LogP contribution in [-0.4, -0.2) is 26.0 Å².